The van der Waals surface area contributed by atoms with Crippen molar-refractivity contribution >= 4 is 5.97 Å². The zero-order valence-corrected chi connectivity index (χ0v) is 10.5. The first-order valence-corrected chi connectivity index (χ1v) is 5.79. The molecule has 3 heteroatoms. The Bertz CT molecular complexity index is 382. The lowest BCUT2D eigenvalue weighted by molar-refractivity contribution is -0.147. The molecule has 0 radical (unpaired) electrons. The van der Waals surface area contributed by atoms with Gasteiger partial charge in [0.2, 0.25) is 0 Å². The normalized spacial score (nSPS) is 13.4. The average molecular weight is 238 g/mol. The maximum absolute atomic E-state index is 12.7. The van der Waals surface area contributed by atoms with E-state index in [1.165, 1.54) is 12.1 Å². The maximum Gasteiger partial charge on any atom is 0.309 e. The Kier molecular flexibility index (Phi) is 4.27. The summed E-state index contributed by atoms with van der Waals surface area (Å²) in [6.07, 6.45) is 1.39. The third kappa shape index (κ3) is 4.17. The molecule has 0 saturated heterocycles. The summed E-state index contributed by atoms with van der Waals surface area (Å²) in [7, 11) is 0. The number of carboxylic acid groups (broad SMARTS) is 1. The van der Waals surface area contributed by atoms with Crippen molar-refractivity contribution in [3.63, 3.8) is 0 Å². The number of carboxylic acids is 1. The van der Waals surface area contributed by atoms with E-state index in [9.17, 15) is 9.18 Å². The number of rotatable bonds is 5. The molecule has 1 atom stereocenters. The summed E-state index contributed by atoms with van der Waals surface area (Å²) in [5, 5.41) is 9.04. The van der Waals surface area contributed by atoms with Crippen LogP contribution in [0.1, 0.15) is 32.8 Å². The summed E-state index contributed by atoms with van der Waals surface area (Å²) in [5.41, 5.74) is 0.333. The van der Waals surface area contributed by atoms with Crippen molar-refractivity contribution in [1.82, 2.24) is 0 Å². The highest BCUT2D eigenvalue weighted by atomic mass is 19.1. The highest BCUT2D eigenvalue weighted by molar-refractivity contribution is 5.73. The van der Waals surface area contributed by atoms with Gasteiger partial charge in [-0.3, -0.25) is 4.79 Å². The molecule has 0 fully saturated rings. The molecule has 0 aromatic heterocycles. The van der Waals surface area contributed by atoms with Crippen LogP contribution < -0.4 is 0 Å². The Hall–Kier alpha value is -1.38. The Morgan fingerprint density at radius 2 is 1.88 bits per heavy atom. The average Bonchev–Trinajstić information content (AvgIpc) is 2.20. The minimum absolute atomic E-state index is 0.243. The summed E-state index contributed by atoms with van der Waals surface area (Å²) in [6, 6.07) is 6.37. The molecule has 0 heterocycles. The molecule has 1 aromatic rings. The third-order valence-electron chi connectivity index (χ3n) is 2.94. The number of hydrogen-bond acceptors (Lipinski definition) is 1. The van der Waals surface area contributed by atoms with E-state index in [-0.39, 0.29) is 11.7 Å². The number of carbonyl (C=O) groups is 1. The van der Waals surface area contributed by atoms with Gasteiger partial charge in [0.15, 0.2) is 0 Å². The minimum Gasteiger partial charge on any atom is -0.481 e. The zero-order valence-electron chi connectivity index (χ0n) is 10.5. The molecule has 0 bridgehead atoms. The highest BCUT2D eigenvalue weighted by Crippen LogP contribution is 2.27. The van der Waals surface area contributed by atoms with Crippen molar-refractivity contribution in [3.8, 4) is 0 Å². The van der Waals surface area contributed by atoms with Gasteiger partial charge >= 0.3 is 5.97 Å². The second-order valence-electron chi connectivity index (χ2n) is 5.33. The topological polar surface area (TPSA) is 37.3 Å². The summed E-state index contributed by atoms with van der Waals surface area (Å²) >= 11 is 0. The fourth-order valence-corrected chi connectivity index (χ4v) is 2.05. The van der Waals surface area contributed by atoms with Crippen LogP contribution in [0.2, 0.25) is 0 Å². The van der Waals surface area contributed by atoms with E-state index in [4.69, 9.17) is 5.11 Å². The first kappa shape index (κ1) is 13.7. The van der Waals surface area contributed by atoms with Crippen molar-refractivity contribution in [2.75, 3.05) is 0 Å². The molecule has 1 N–H and O–H groups in total. The van der Waals surface area contributed by atoms with E-state index in [1.54, 1.807) is 26.0 Å². The van der Waals surface area contributed by atoms with Crippen LogP contribution in [0, 0.1) is 17.2 Å². The van der Waals surface area contributed by atoms with E-state index in [0.29, 0.717) is 6.42 Å². The summed E-state index contributed by atoms with van der Waals surface area (Å²) in [4.78, 5) is 11.0. The molecule has 0 aliphatic rings. The van der Waals surface area contributed by atoms with Gasteiger partial charge in [-0.25, -0.2) is 4.39 Å². The maximum atomic E-state index is 12.7. The van der Waals surface area contributed by atoms with E-state index < -0.39 is 11.4 Å². The van der Waals surface area contributed by atoms with Crippen LogP contribution in [0.25, 0.3) is 0 Å². The molecule has 0 aliphatic carbocycles. The van der Waals surface area contributed by atoms with E-state index >= 15 is 0 Å². The number of halogens is 1. The Morgan fingerprint density at radius 3 is 2.35 bits per heavy atom. The van der Waals surface area contributed by atoms with E-state index in [2.05, 4.69) is 0 Å². The van der Waals surface area contributed by atoms with Crippen LogP contribution in [-0.4, -0.2) is 11.1 Å². The van der Waals surface area contributed by atoms with E-state index in [1.807, 2.05) is 6.92 Å². The van der Waals surface area contributed by atoms with Gasteiger partial charge in [-0.2, -0.15) is 0 Å². The number of aliphatic carboxylic acids is 1. The Balaban J connectivity index is 2.58. The van der Waals surface area contributed by atoms with Crippen LogP contribution in [-0.2, 0) is 11.2 Å². The standard InChI is InChI=1S/C14H19FO2/c1-10(9-14(2,3)13(16)17)8-11-4-6-12(15)7-5-11/h4-7,10H,8-9H2,1-3H3,(H,16,17)/t10-/m0/s1. The number of benzene rings is 1. The van der Waals surface area contributed by atoms with Gasteiger partial charge in [0.25, 0.3) is 0 Å². The molecule has 1 rings (SSSR count). The van der Waals surface area contributed by atoms with Gasteiger partial charge in [-0.1, -0.05) is 19.1 Å². The minimum atomic E-state index is -0.775. The highest BCUT2D eigenvalue weighted by Gasteiger charge is 2.28. The van der Waals surface area contributed by atoms with Gasteiger partial charge in [0.1, 0.15) is 5.82 Å². The van der Waals surface area contributed by atoms with Gasteiger partial charge < -0.3 is 5.11 Å². The van der Waals surface area contributed by atoms with Gasteiger partial charge in [0, 0.05) is 0 Å². The molecule has 0 saturated carbocycles. The quantitative estimate of drug-likeness (QED) is 0.852. The molecule has 94 valence electrons. The molecule has 2 nitrogen and oxygen atoms in total. The van der Waals surface area contributed by atoms with Crippen LogP contribution >= 0.6 is 0 Å². The monoisotopic (exact) mass is 238 g/mol. The van der Waals surface area contributed by atoms with Gasteiger partial charge in [-0.05, 0) is 50.3 Å². The largest absolute Gasteiger partial charge is 0.481 e. The molecular weight excluding hydrogens is 219 g/mol. The predicted molar refractivity (Wildman–Crippen MR) is 65.3 cm³/mol. The van der Waals surface area contributed by atoms with Gasteiger partial charge in [-0.15, -0.1) is 0 Å². The SMILES string of the molecule is C[C@@H](Cc1ccc(F)cc1)CC(C)(C)C(=O)O. The fraction of sp³-hybridized carbons (Fsp3) is 0.500. The second kappa shape index (κ2) is 5.30. The lowest BCUT2D eigenvalue weighted by Crippen LogP contribution is -2.26. The van der Waals surface area contributed by atoms with Crippen LogP contribution in [0.15, 0.2) is 24.3 Å². The number of hydrogen-bond donors (Lipinski definition) is 1. The Morgan fingerprint density at radius 1 is 1.35 bits per heavy atom. The first-order chi connectivity index (χ1) is 7.81. The summed E-state index contributed by atoms with van der Waals surface area (Å²) in [6.45, 7) is 5.49. The fourth-order valence-electron chi connectivity index (χ4n) is 2.05. The van der Waals surface area contributed by atoms with Crippen LogP contribution in [0.4, 0.5) is 4.39 Å². The van der Waals surface area contributed by atoms with Crippen molar-refractivity contribution in [2.24, 2.45) is 11.3 Å². The van der Waals surface area contributed by atoms with Crippen LogP contribution in [0.3, 0.4) is 0 Å². The second-order valence-corrected chi connectivity index (χ2v) is 5.33. The first-order valence-electron chi connectivity index (χ1n) is 5.79. The molecule has 0 amide bonds. The Labute approximate surface area is 101 Å². The molecule has 1 aromatic carbocycles. The molecule has 17 heavy (non-hydrogen) atoms. The van der Waals surface area contributed by atoms with Crippen molar-refractivity contribution in [2.45, 2.75) is 33.6 Å². The lowest BCUT2D eigenvalue weighted by atomic mass is 9.81. The van der Waals surface area contributed by atoms with Crippen LogP contribution in [0.5, 0.6) is 0 Å². The lowest BCUT2D eigenvalue weighted by Gasteiger charge is -2.23. The molecular formula is C14H19FO2. The molecule has 0 aliphatic heterocycles. The van der Waals surface area contributed by atoms with Crippen molar-refractivity contribution in [3.05, 3.63) is 35.6 Å². The predicted octanol–water partition coefficient (Wildman–Crippen LogP) is 3.51. The van der Waals surface area contributed by atoms with E-state index in [0.717, 1.165) is 12.0 Å². The van der Waals surface area contributed by atoms with Gasteiger partial charge in [0.05, 0.1) is 5.41 Å². The zero-order chi connectivity index (χ0) is 13.1. The van der Waals surface area contributed by atoms with Crippen molar-refractivity contribution < 1.29 is 14.3 Å². The summed E-state index contributed by atoms with van der Waals surface area (Å²) in [5.74, 6) is -0.762. The molecule has 0 unspecified atom stereocenters. The third-order valence-corrected chi connectivity index (χ3v) is 2.94. The summed E-state index contributed by atoms with van der Waals surface area (Å²) < 4.78 is 12.7. The molecule has 0 spiro atoms. The smallest absolute Gasteiger partial charge is 0.309 e. The van der Waals surface area contributed by atoms with Crippen molar-refractivity contribution in [1.29, 1.82) is 0 Å².